The van der Waals surface area contributed by atoms with Crippen LogP contribution in [0.2, 0.25) is 0 Å². The van der Waals surface area contributed by atoms with Gasteiger partial charge in [-0.1, -0.05) is 12.1 Å². The van der Waals surface area contributed by atoms with Gasteiger partial charge in [0.05, 0.1) is 18.3 Å². The number of carbonyl (C=O) groups excluding carboxylic acids is 1. The van der Waals surface area contributed by atoms with Crippen molar-refractivity contribution in [1.29, 1.82) is 0 Å². The number of ether oxygens (including phenoxy) is 1. The second kappa shape index (κ2) is 10.6. The monoisotopic (exact) mass is 406 g/mol. The van der Waals surface area contributed by atoms with Crippen LogP contribution in [0.25, 0.3) is 0 Å². The summed E-state index contributed by atoms with van der Waals surface area (Å²) in [5.41, 5.74) is 9.48. The molecule has 0 bridgehead atoms. The van der Waals surface area contributed by atoms with Crippen LogP contribution in [-0.2, 0) is 11.3 Å². The lowest BCUT2D eigenvalue weighted by Crippen LogP contribution is -2.41. The van der Waals surface area contributed by atoms with E-state index >= 15 is 0 Å². The number of hydrogen-bond donors (Lipinski definition) is 1. The number of likely N-dealkylation sites (tertiary alicyclic amines) is 1. The Bertz CT molecular complexity index is 770. The summed E-state index contributed by atoms with van der Waals surface area (Å²) >= 11 is 0. The predicted octanol–water partition coefficient (Wildman–Crippen LogP) is 2.94. The van der Waals surface area contributed by atoms with E-state index in [0.717, 1.165) is 54.9 Å². The van der Waals surface area contributed by atoms with Crippen molar-refractivity contribution >= 4 is 18.3 Å². The Morgan fingerprint density at radius 3 is 2.64 bits per heavy atom. The zero-order chi connectivity index (χ0) is 19.2. The van der Waals surface area contributed by atoms with Gasteiger partial charge < -0.3 is 15.4 Å². The molecule has 0 unspecified atom stereocenters. The highest BCUT2D eigenvalue weighted by Gasteiger charge is 2.24. The van der Waals surface area contributed by atoms with Gasteiger partial charge in [-0.15, -0.1) is 12.4 Å². The number of carbonyl (C=O) groups is 1. The van der Waals surface area contributed by atoms with Crippen LogP contribution >= 0.6 is 12.4 Å². The molecule has 1 aliphatic rings. The fourth-order valence-corrected chi connectivity index (χ4v) is 3.55. The van der Waals surface area contributed by atoms with Crippen LogP contribution < -0.4 is 5.73 Å². The average Bonchev–Trinajstić information content (AvgIpc) is 2.99. The minimum atomic E-state index is 0. The molecule has 1 fully saturated rings. The van der Waals surface area contributed by atoms with Gasteiger partial charge in [0.25, 0.3) is 5.91 Å². The van der Waals surface area contributed by atoms with E-state index in [1.807, 2.05) is 40.8 Å². The number of benzene rings is 1. The average molecular weight is 407 g/mol. The van der Waals surface area contributed by atoms with Gasteiger partial charge >= 0.3 is 0 Å². The lowest BCUT2D eigenvalue weighted by molar-refractivity contribution is 0.00844. The number of halogens is 1. The maximum Gasteiger partial charge on any atom is 0.253 e. The normalized spacial score (nSPS) is 14.8. The van der Waals surface area contributed by atoms with E-state index in [-0.39, 0.29) is 24.4 Å². The Labute approximate surface area is 173 Å². The molecule has 1 saturated heterocycles. The Morgan fingerprint density at radius 1 is 1.25 bits per heavy atom. The Balaban J connectivity index is 0.00000280. The lowest BCUT2D eigenvalue weighted by Gasteiger charge is -2.32. The number of rotatable bonds is 7. The predicted molar refractivity (Wildman–Crippen MR) is 113 cm³/mol. The fraction of sp³-hybridized carbons (Fsp3) is 0.524. The second-order valence-corrected chi connectivity index (χ2v) is 7.29. The van der Waals surface area contributed by atoms with E-state index in [1.165, 1.54) is 0 Å². The third kappa shape index (κ3) is 5.80. The fourth-order valence-electron chi connectivity index (χ4n) is 3.55. The number of aromatic nitrogens is 2. The number of hydrogen-bond acceptors (Lipinski definition) is 4. The summed E-state index contributed by atoms with van der Waals surface area (Å²) < 4.78 is 7.80. The summed E-state index contributed by atoms with van der Waals surface area (Å²) in [5, 5.41) is 4.51. The van der Waals surface area contributed by atoms with E-state index in [0.29, 0.717) is 19.7 Å². The van der Waals surface area contributed by atoms with Crippen LogP contribution in [0.1, 0.15) is 46.6 Å². The van der Waals surface area contributed by atoms with Crippen molar-refractivity contribution in [2.45, 2.75) is 45.8 Å². The van der Waals surface area contributed by atoms with Crippen molar-refractivity contribution in [2.75, 3.05) is 26.2 Å². The van der Waals surface area contributed by atoms with Crippen molar-refractivity contribution in [2.24, 2.45) is 5.73 Å². The first kappa shape index (κ1) is 22.4. The number of nitrogens with two attached hydrogens (primary N) is 1. The molecule has 3 rings (SSSR count). The third-order valence-electron chi connectivity index (χ3n) is 5.04. The summed E-state index contributed by atoms with van der Waals surface area (Å²) in [4.78, 5) is 14.8. The van der Waals surface area contributed by atoms with Gasteiger partial charge in [0.2, 0.25) is 0 Å². The van der Waals surface area contributed by atoms with Crippen LogP contribution in [0, 0.1) is 13.8 Å². The SMILES string of the molecule is Cc1cc(C)n(Cc2cccc(C(=O)N3CCC(OCCCN)CC3)c2)n1.Cl. The van der Waals surface area contributed by atoms with Crippen LogP contribution in [0.5, 0.6) is 0 Å². The van der Waals surface area contributed by atoms with Crippen molar-refractivity contribution in [3.8, 4) is 0 Å². The molecule has 2 N–H and O–H groups in total. The third-order valence-corrected chi connectivity index (χ3v) is 5.04. The topological polar surface area (TPSA) is 73.4 Å². The van der Waals surface area contributed by atoms with Gasteiger partial charge in [-0.05, 0) is 63.4 Å². The van der Waals surface area contributed by atoms with Crippen molar-refractivity contribution in [1.82, 2.24) is 14.7 Å². The summed E-state index contributed by atoms with van der Waals surface area (Å²) in [6.07, 6.45) is 2.92. The minimum Gasteiger partial charge on any atom is -0.378 e. The van der Waals surface area contributed by atoms with Gasteiger partial charge in [-0.2, -0.15) is 5.10 Å². The van der Waals surface area contributed by atoms with Crippen LogP contribution in [0.15, 0.2) is 30.3 Å². The van der Waals surface area contributed by atoms with Gasteiger partial charge in [-0.25, -0.2) is 0 Å². The summed E-state index contributed by atoms with van der Waals surface area (Å²) in [5.74, 6) is 0.102. The highest BCUT2D eigenvalue weighted by Crippen LogP contribution is 2.18. The molecule has 6 nitrogen and oxygen atoms in total. The van der Waals surface area contributed by atoms with Gasteiger partial charge in [0.15, 0.2) is 0 Å². The molecule has 1 aromatic heterocycles. The molecule has 1 aliphatic heterocycles. The van der Waals surface area contributed by atoms with E-state index in [4.69, 9.17) is 10.5 Å². The van der Waals surface area contributed by atoms with Crippen LogP contribution in [0.3, 0.4) is 0 Å². The first-order valence-corrected chi connectivity index (χ1v) is 9.78. The highest BCUT2D eigenvalue weighted by molar-refractivity contribution is 5.94. The highest BCUT2D eigenvalue weighted by atomic mass is 35.5. The standard InChI is InChI=1S/C21H30N4O2.ClH/c1-16-13-17(2)25(23-16)15-18-5-3-6-19(14-18)21(26)24-10-7-20(8-11-24)27-12-4-9-22;/h3,5-6,13-14,20H,4,7-12,15,22H2,1-2H3;1H. The quantitative estimate of drug-likeness (QED) is 0.717. The molecule has 0 spiro atoms. The van der Waals surface area contributed by atoms with Crippen molar-refractivity contribution < 1.29 is 9.53 Å². The number of piperidine rings is 1. The number of nitrogens with zero attached hydrogens (tertiary/aromatic N) is 3. The van der Waals surface area contributed by atoms with Crippen molar-refractivity contribution in [3.63, 3.8) is 0 Å². The molecule has 1 aromatic carbocycles. The first-order chi connectivity index (χ1) is 13.1. The van der Waals surface area contributed by atoms with Crippen molar-refractivity contribution in [3.05, 3.63) is 52.8 Å². The zero-order valence-corrected chi connectivity index (χ0v) is 17.6. The molecule has 1 amide bonds. The van der Waals surface area contributed by atoms with E-state index in [2.05, 4.69) is 18.1 Å². The summed E-state index contributed by atoms with van der Waals surface area (Å²) in [7, 11) is 0. The summed E-state index contributed by atoms with van der Waals surface area (Å²) in [6.45, 7) is 7.58. The Morgan fingerprint density at radius 2 is 2.00 bits per heavy atom. The largest absolute Gasteiger partial charge is 0.378 e. The molecule has 28 heavy (non-hydrogen) atoms. The van der Waals surface area contributed by atoms with Gasteiger partial charge in [0.1, 0.15) is 0 Å². The molecular weight excluding hydrogens is 376 g/mol. The van der Waals surface area contributed by atoms with Crippen LogP contribution in [0.4, 0.5) is 0 Å². The molecule has 7 heteroatoms. The van der Waals surface area contributed by atoms with E-state index < -0.39 is 0 Å². The molecule has 154 valence electrons. The Kier molecular flexibility index (Phi) is 8.48. The molecule has 0 aliphatic carbocycles. The van der Waals surface area contributed by atoms with Crippen LogP contribution in [-0.4, -0.2) is 52.9 Å². The zero-order valence-electron chi connectivity index (χ0n) is 16.8. The van der Waals surface area contributed by atoms with Gasteiger partial charge in [-0.3, -0.25) is 9.48 Å². The lowest BCUT2D eigenvalue weighted by atomic mass is 10.0. The minimum absolute atomic E-state index is 0. The molecule has 0 radical (unpaired) electrons. The first-order valence-electron chi connectivity index (χ1n) is 9.78. The van der Waals surface area contributed by atoms with E-state index in [1.54, 1.807) is 0 Å². The molecule has 2 aromatic rings. The number of aryl methyl sites for hydroxylation is 2. The molecule has 0 saturated carbocycles. The van der Waals surface area contributed by atoms with E-state index in [9.17, 15) is 4.79 Å². The molecular formula is C21H31ClN4O2. The maximum absolute atomic E-state index is 12.9. The second-order valence-electron chi connectivity index (χ2n) is 7.29. The molecule has 2 heterocycles. The molecule has 0 atom stereocenters. The number of amides is 1. The Hall–Kier alpha value is -1.89. The maximum atomic E-state index is 12.9. The van der Waals surface area contributed by atoms with Gasteiger partial charge in [0, 0.05) is 31.0 Å². The smallest absolute Gasteiger partial charge is 0.253 e. The summed E-state index contributed by atoms with van der Waals surface area (Å²) in [6, 6.07) is 9.95.